The number of nitrogens with zero attached hydrogens (tertiary/aromatic N) is 4. The zero-order valence-electron chi connectivity index (χ0n) is 34.4. The molecule has 10 aromatic carbocycles. The Labute approximate surface area is 365 Å². The van der Waals surface area contributed by atoms with Crippen molar-refractivity contribution in [1.82, 2.24) is 14.1 Å². The molecule has 0 amide bonds. The van der Waals surface area contributed by atoms with Crippen LogP contribution >= 0.6 is 0 Å². The van der Waals surface area contributed by atoms with Crippen LogP contribution < -0.4 is 4.90 Å². The second kappa shape index (κ2) is 15.2. The molecule has 0 saturated carbocycles. The Bertz CT molecular complexity index is 3570. The van der Waals surface area contributed by atoms with Crippen LogP contribution in [0.3, 0.4) is 0 Å². The van der Waals surface area contributed by atoms with Gasteiger partial charge in [0.2, 0.25) is 0 Å². The van der Waals surface area contributed by atoms with Crippen LogP contribution in [0.25, 0.3) is 89.7 Å². The van der Waals surface area contributed by atoms with Gasteiger partial charge in [-0.25, -0.2) is 4.98 Å². The molecule has 12 aromatic rings. The zero-order chi connectivity index (χ0) is 41.7. The van der Waals surface area contributed by atoms with E-state index in [0.717, 1.165) is 56.3 Å². The highest BCUT2D eigenvalue weighted by Crippen LogP contribution is 2.42. The van der Waals surface area contributed by atoms with Crippen LogP contribution in [0.15, 0.2) is 231 Å². The minimum atomic E-state index is 0.917. The van der Waals surface area contributed by atoms with Gasteiger partial charge in [0, 0.05) is 44.8 Å². The maximum atomic E-state index is 5.09. The lowest BCUT2D eigenvalue weighted by molar-refractivity contribution is 1.10. The quantitative estimate of drug-likeness (QED) is 0.107. The lowest BCUT2D eigenvalue weighted by atomic mass is 9.97. The molecule has 0 radical (unpaired) electrons. The van der Waals surface area contributed by atoms with Gasteiger partial charge in [0.25, 0.3) is 0 Å². The molecule has 4 heteroatoms. The number of aromatic nitrogens is 3. The van der Waals surface area contributed by atoms with Crippen LogP contribution in [-0.2, 0) is 0 Å². The highest BCUT2D eigenvalue weighted by molar-refractivity contribution is 6.25. The Morgan fingerprint density at radius 2 is 0.873 bits per heavy atom. The van der Waals surface area contributed by atoms with Crippen molar-refractivity contribution >= 4 is 72.8 Å². The van der Waals surface area contributed by atoms with Gasteiger partial charge < -0.3 is 9.47 Å². The van der Waals surface area contributed by atoms with E-state index in [0.29, 0.717) is 0 Å². The SMILES string of the molecule is C(=C\c1ccc(N(c2ccccc2)c2ccc(-c3nc4ccccc4n3-c3ccccc3)cc2)cc1)/c1ccc(-c2cc3ccc4cccc5c4c3c(c2)n5-c2ccccc2)cc1. The van der Waals surface area contributed by atoms with E-state index in [9.17, 15) is 0 Å². The average Bonchev–Trinajstić information content (AvgIpc) is 3.91. The predicted molar refractivity (Wildman–Crippen MR) is 265 cm³/mol. The fourth-order valence-electron chi connectivity index (χ4n) is 9.27. The van der Waals surface area contributed by atoms with E-state index in [2.05, 4.69) is 245 Å². The van der Waals surface area contributed by atoms with E-state index in [1.807, 2.05) is 12.1 Å². The standard InChI is InChI=1S/C59H40N4/c1-4-14-48(15-5-1)61(52-37-33-45(34-38-52)59-60-53-20-10-11-21-54(53)63(59)50-18-8-3-9-19-50)51-35-27-42(28-36-51)24-23-41-25-29-43(30-26-41)47-39-46-32-31-44-13-12-22-55-57(44)58(46)56(40-47)62(55)49-16-6-2-7-17-49/h1-40H/b24-23+. The minimum absolute atomic E-state index is 0.917. The lowest BCUT2D eigenvalue weighted by Crippen LogP contribution is -2.09. The van der Waals surface area contributed by atoms with Gasteiger partial charge in [0.05, 0.1) is 22.1 Å². The van der Waals surface area contributed by atoms with Crippen molar-refractivity contribution in [3.05, 3.63) is 242 Å². The molecule has 2 aromatic heterocycles. The number of anilines is 3. The largest absolute Gasteiger partial charge is 0.311 e. The molecule has 296 valence electrons. The van der Waals surface area contributed by atoms with E-state index in [1.165, 1.54) is 49.4 Å². The first kappa shape index (κ1) is 36.4. The normalized spacial score (nSPS) is 11.7. The first-order valence-corrected chi connectivity index (χ1v) is 21.5. The second-order valence-corrected chi connectivity index (χ2v) is 16.1. The van der Waals surface area contributed by atoms with Gasteiger partial charge in [-0.3, -0.25) is 4.57 Å². The molecular formula is C59H40N4. The Balaban J connectivity index is 0.824. The van der Waals surface area contributed by atoms with Crippen LogP contribution in [0.4, 0.5) is 17.1 Å². The van der Waals surface area contributed by atoms with E-state index in [4.69, 9.17) is 4.98 Å². The molecule has 0 aliphatic rings. The number of rotatable bonds is 9. The summed E-state index contributed by atoms with van der Waals surface area (Å²) in [5, 5.41) is 5.18. The maximum Gasteiger partial charge on any atom is 0.145 e. The van der Waals surface area contributed by atoms with Crippen molar-refractivity contribution in [3.8, 4) is 33.9 Å². The van der Waals surface area contributed by atoms with Crippen LogP contribution in [-0.4, -0.2) is 14.1 Å². The number of fused-ring (bicyclic) bond motifs is 1. The van der Waals surface area contributed by atoms with Crippen LogP contribution in [0.5, 0.6) is 0 Å². The highest BCUT2D eigenvalue weighted by atomic mass is 15.1. The Kier molecular flexibility index (Phi) is 8.79. The topological polar surface area (TPSA) is 26.0 Å². The van der Waals surface area contributed by atoms with Crippen LogP contribution in [0.2, 0.25) is 0 Å². The van der Waals surface area contributed by atoms with Gasteiger partial charge in [0.15, 0.2) is 0 Å². The fraction of sp³-hybridized carbons (Fsp3) is 0. The Morgan fingerprint density at radius 3 is 1.57 bits per heavy atom. The van der Waals surface area contributed by atoms with Gasteiger partial charge in [-0.15, -0.1) is 0 Å². The van der Waals surface area contributed by atoms with Gasteiger partial charge in [0.1, 0.15) is 5.82 Å². The monoisotopic (exact) mass is 804 g/mol. The summed E-state index contributed by atoms with van der Waals surface area (Å²) in [6, 6.07) is 82.3. The van der Waals surface area contributed by atoms with Gasteiger partial charge in [-0.2, -0.15) is 0 Å². The number of benzene rings is 10. The molecule has 0 fully saturated rings. The first-order chi connectivity index (χ1) is 31.2. The molecule has 0 saturated heterocycles. The lowest BCUT2D eigenvalue weighted by Gasteiger charge is -2.25. The number of hydrogen-bond donors (Lipinski definition) is 0. The Morgan fingerprint density at radius 1 is 0.349 bits per heavy atom. The zero-order valence-corrected chi connectivity index (χ0v) is 34.4. The number of para-hydroxylation sites is 5. The molecule has 2 heterocycles. The summed E-state index contributed by atoms with van der Waals surface area (Å²) in [5.74, 6) is 0.917. The molecule has 63 heavy (non-hydrogen) atoms. The van der Waals surface area contributed by atoms with Crippen molar-refractivity contribution in [1.29, 1.82) is 0 Å². The van der Waals surface area contributed by atoms with Gasteiger partial charge in [-0.1, -0.05) is 140 Å². The fourth-order valence-corrected chi connectivity index (χ4v) is 9.27. The maximum absolute atomic E-state index is 5.09. The van der Waals surface area contributed by atoms with Crippen LogP contribution in [0, 0.1) is 0 Å². The molecule has 0 aliphatic heterocycles. The third-order valence-corrected chi connectivity index (χ3v) is 12.2. The summed E-state index contributed by atoms with van der Waals surface area (Å²) in [5.41, 5.74) is 15.8. The third-order valence-electron chi connectivity index (χ3n) is 12.2. The average molecular weight is 805 g/mol. The second-order valence-electron chi connectivity index (χ2n) is 16.1. The summed E-state index contributed by atoms with van der Waals surface area (Å²) >= 11 is 0. The van der Waals surface area contributed by atoms with E-state index in [-0.39, 0.29) is 0 Å². The summed E-state index contributed by atoms with van der Waals surface area (Å²) in [6.45, 7) is 0. The summed E-state index contributed by atoms with van der Waals surface area (Å²) in [7, 11) is 0. The summed E-state index contributed by atoms with van der Waals surface area (Å²) in [4.78, 5) is 7.40. The van der Waals surface area contributed by atoms with E-state index < -0.39 is 0 Å². The minimum Gasteiger partial charge on any atom is -0.311 e. The van der Waals surface area contributed by atoms with Crippen molar-refractivity contribution in [2.24, 2.45) is 0 Å². The smallest absolute Gasteiger partial charge is 0.145 e. The third kappa shape index (κ3) is 6.44. The molecule has 0 unspecified atom stereocenters. The van der Waals surface area contributed by atoms with E-state index >= 15 is 0 Å². The van der Waals surface area contributed by atoms with E-state index in [1.54, 1.807) is 0 Å². The Hall–Kier alpha value is -8.47. The van der Waals surface area contributed by atoms with Gasteiger partial charge in [-0.05, 0) is 136 Å². The molecule has 0 N–H and O–H groups in total. The van der Waals surface area contributed by atoms with Gasteiger partial charge >= 0.3 is 0 Å². The highest BCUT2D eigenvalue weighted by Gasteiger charge is 2.19. The molecule has 12 rings (SSSR count). The van der Waals surface area contributed by atoms with Crippen molar-refractivity contribution < 1.29 is 0 Å². The van der Waals surface area contributed by atoms with Crippen LogP contribution in [0.1, 0.15) is 11.1 Å². The first-order valence-electron chi connectivity index (χ1n) is 21.5. The van der Waals surface area contributed by atoms with Crippen molar-refractivity contribution in [2.45, 2.75) is 0 Å². The molecule has 0 aliphatic carbocycles. The molecule has 0 spiro atoms. The molecular weight excluding hydrogens is 765 g/mol. The van der Waals surface area contributed by atoms with Crippen molar-refractivity contribution in [2.75, 3.05) is 4.90 Å². The molecule has 4 nitrogen and oxygen atoms in total. The summed E-state index contributed by atoms with van der Waals surface area (Å²) in [6.07, 6.45) is 4.38. The molecule has 0 atom stereocenters. The molecule has 0 bridgehead atoms. The van der Waals surface area contributed by atoms with Crippen molar-refractivity contribution in [3.63, 3.8) is 0 Å². The predicted octanol–water partition coefficient (Wildman–Crippen LogP) is 15.7. The number of imidazole rings is 1. The summed E-state index contributed by atoms with van der Waals surface area (Å²) < 4.78 is 4.66. The number of hydrogen-bond acceptors (Lipinski definition) is 2.